The van der Waals surface area contributed by atoms with E-state index >= 15 is 0 Å². The van der Waals surface area contributed by atoms with Crippen molar-refractivity contribution in [3.63, 3.8) is 0 Å². The zero-order chi connectivity index (χ0) is 23.6. The predicted octanol–water partition coefficient (Wildman–Crippen LogP) is 4.02. The normalized spacial score (nSPS) is 13.0. The number of thioether (sulfide) groups is 1. The number of benzene rings is 2. The first-order chi connectivity index (χ1) is 16.0. The van der Waals surface area contributed by atoms with Gasteiger partial charge in [0.1, 0.15) is 6.61 Å². The first-order valence-corrected chi connectivity index (χ1v) is 12.3. The quantitative estimate of drug-likeness (QED) is 0.405. The van der Waals surface area contributed by atoms with E-state index in [1.165, 1.54) is 34.0 Å². The van der Waals surface area contributed by atoms with E-state index in [0.29, 0.717) is 31.6 Å². The van der Waals surface area contributed by atoms with Crippen LogP contribution in [0, 0.1) is 0 Å². The molecule has 0 spiro atoms. The van der Waals surface area contributed by atoms with Crippen molar-refractivity contribution >= 4 is 29.7 Å². The molecule has 8 heteroatoms. The van der Waals surface area contributed by atoms with E-state index in [0.717, 1.165) is 0 Å². The number of aliphatic carboxylic acids is 1. The van der Waals surface area contributed by atoms with Gasteiger partial charge in [0.25, 0.3) is 0 Å². The predicted molar refractivity (Wildman–Crippen MR) is 129 cm³/mol. The van der Waals surface area contributed by atoms with Crippen LogP contribution in [-0.2, 0) is 14.3 Å². The number of rotatable bonds is 12. The molecule has 1 atom stereocenters. The van der Waals surface area contributed by atoms with Crippen LogP contribution >= 0.6 is 11.8 Å². The second kappa shape index (κ2) is 12.3. The highest BCUT2D eigenvalue weighted by Gasteiger charge is 2.29. The van der Waals surface area contributed by atoms with Gasteiger partial charge in [-0.3, -0.25) is 9.59 Å². The summed E-state index contributed by atoms with van der Waals surface area (Å²) in [6.07, 6.45) is 1.20. The van der Waals surface area contributed by atoms with Crippen LogP contribution in [0.4, 0.5) is 4.79 Å². The van der Waals surface area contributed by atoms with Crippen molar-refractivity contribution in [2.24, 2.45) is 0 Å². The van der Waals surface area contributed by atoms with Gasteiger partial charge in [-0.1, -0.05) is 48.5 Å². The summed E-state index contributed by atoms with van der Waals surface area (Å²) in [5.74, 6) is -0.300. The summed E-state index contributed by atoms with van der Waals surface area (Å²) in [6, 6.07) is 16.3. The number of carbonyl (C=O) groups excluding carboxylic acids is 2. The Morgan fingerprint density at radius 3 is 2.33 bits per heavy atom. The average Bonchev–Trinajstić information content (AvgIpc) is 3.11. The summed E-state index contributed by atoms with van der Waals surface area (Å²) in [5, 5.41) is 14.2. The van der Waals surface area contributed by atoms with Gasteiger partial charge in [0, 0.05) is 30.7 Å². The number of ether oxygens (including phenoxy) is 1. The Bertz CT molecular complexity index is 935. The summed E-state index contributed by atoms with van der Waals surface area (Å²) in [4.78, 5) is 34.6. The molecule has 0 radical (unpaired) electrons. The van der Waals surface area contributed by atoms with E-state index in [-0.39, 0.29) is 30.2 Å². The van der Waals surface area contributed by atoms with Crippen LogP contribution in [0.15, 0.2) is 48.5 Å². The smallest absolute Gasteiger partial charge is 0.407 e. The zero-order valence-corrected chi connectivity index (χ0v) is 19.5. The molecule has 176 valence electrons. The fraction of sp³-hybridized carbons (Fsp3) is 0.400. The van der Waals surface area contributed by atoms with Gasteiger partial charge in [-0.05, 0) is 42.0 Å². The molecular weight excluding hydrogens is 440 g/mol. The van der Waals surface area contributed by atoms with Crippen LogP contribution in [0.5, 0.6) is 0 Å². The van der Waals surface area contributed by atoms with Crippen LogP contribution in [-0.4, -0.2) is 53.8 Å². The van der Waals surface area contributed by atoms with Crippen molar-refractivity contribution in [1.82, 2.24) is 10.6 Å². The van der Waals surface area contributed by atoms with Crippen molar-refractivity contribution in [2.75, 3.05) is 24.7 Å². The van der Waals surface area contributed by atoms with Gasteiger partial charge < -0.3 is 20.5 Å². The maximum Gasteiger partial charge on any atom is 0.407 e. The SMILES string of the molecule is CC(CCCC(=O)NCCSCC(=O)O)NC(=O)OCC1c2ccccc2-c2ccccc21. The van der Waals surface area contributed by atoms with Crippen LogP contribution in [0.1, 0.15) is 43.2 Å². The van der Waals surface area contributed by atoms with Gasteiger partial charge >= 0.3 is 12.1 Å². The molecule has 3 N–H and O–H groups in total. The molecule has 3 rings (SSSR count). The maximum atomic E-state index is 12.3. The minimum atomic E-state index is -0.857. The minimum Gasteiger partial charge on any atom is -0.481 e. The Hall–Kier alpha value is -3.00. The number of hydrogen-bond donors (Lipinski definition) is 3. The lowest BCUT2D eigenvalue weighted by molar-refractivity contribution is -0.133. The van der Waals surface area contributed by atoms with Gasteiger partial charge in [-0.2, -0.15) is 0 Å². The maximum absolute atomic E-state index is 12.3. The second-order valence-corrected chi connectivity index (χ2v) is 9.16. The molecule has 0 saturated heterocycles. The number of fused-ring (bicyclic) bond motifs is 3. The van der Waals surface area contributed by atoms with Gasteiger partial charge in [0.2, 0.25) is 5.91 Å². The third-order valence-electron chi connectivity index (χ3n) is 5.54. The number of carbonyl (C=O) groups is 3. The van der Waals surface area contributed by atoms with Gasteiger partial charge in [0.05, 0.1) is 5.75 Å². The molecule has 1 aliphatic carbocycles. The van der Waals surface area contributed by atoms with Crippen molar-refractivity contribution in [1.29, 1.82) is 0 Å². The van der Waals surface area contributed by atoms with Crippen LogP contribution in [0.2, 0.25) is 0 Å². The summed E-state index contributed by atoms with van der Waals surface area (Å²) >= 11 is 1.27. The largest absolute Gasteiger partial charge is 0.481 e. The fourth-order valence-corrected chi connectivity index (χ4v) is 4.56. The Balaban J connectivity index is 1.35. The molecule has 0 heterocycles. The molecule has 0 fully saturated rings. The number of nitrogens with one attached hydrogen (secondary N) is 2. The molecule has 0 saturated carbocycles. The molecule has 33 heavy (non-hydrogen) atoms. The Kier molecular flexibility index (Phi) is 9.18. The minimum absolute atomic E-state index is 0.0239. The number of carboxylic acids is 1. The van der Waals surface area contributed by atoms with Crippen molar-refractivity contribution in [3.8, 4) is 11.1 Å². The zero-order valence-electron chi connectivity index (χ0n) is 18.7. The standard InChI is InChI=1S/C25H30N2O5S/c1-17(7-6-12-23(28)26-13-14-33-16-24(29)30)27-25(31)32-15-22-20-10-4-2-8-18(20)19-9-3-5-11-21(19)22/h2-5,8-11,17,22H,6-7,12-16H2,1H3,(H,26,28)(H,27,31)(H,29,30). The molecule has 0 bridgehead atoms. The molecular formula is C25H30N2O5S. The molecule has 2 aromatic carbocycles. The number of carboxylic acid groups (broad SMARTS) is 1. The van der Waals surface area contributed by atoms with Gasteiger partial charge in [0.15, 0.2) is 0 Å². The van der Waals surface area contributed by atoms with Crippen molar-refractivity contribution < 1.29 is 24.2 Å². The van der Waals surface area contributed by atoms with Crippen molar-refractivity contribution in [2.45, 2.75) is 38.1 Å². The lowest BCUT2D eigenvalue weighted by Gasteiger charge is -2.17. The van der Waals surface area contributed by atoms with E-state index in [1.807, 2.05) is 31.2 Å². The highest BCUT2D eigenvalue weighted by Crippen LogP contribution is 2.44. The Morgan fingerprint density at radius 1 is 1.06 bits per heavy atom. The van der Waals surface area contributed by atoms with Crippen molar-refractivity contribution in [3.05, 3.63) is 59.7 Å². The molecule has 1 aliphatic rings. The van der Waals surface area contributed by atoms with Crippen LogP contribution in [0.3, 0.4) is 0 Å². The van der Waals surface area contributed by atoms with E-state index in [2.05, 4.69) is 34.9 Å². The number of hydrogen-bond acceptors (Lipinski definition) is 5. The molecule has 0 aromatic heterocycles. The van der Waals surface area contributed by atoms with Gasteiger partial charge in [-0.25, -0.2) is 4.79 Å². The van der Waals surface area contributed by atoms with Crippen LogP contribution < -0.4 is 10.6 Å². The summed E-state index contributed by atoms with van der Waals surface area (Å²) in [5.41, 5.74) is 4.72. The summed E-state index contributed by atoms with van der Waals surface area (Å²) in [6.45, 7) is 2.61. The van der Waals surface area contributed by atoms with E-state index in [4.69, 9.17) is 9.84 Å². The number of alkyl carbamates (subject to hydrolysis) is 1. The Morgan fingerprint density at radius 2 is 1.70 bits per heavy atom. The summed E-state index contributed by atoms with van der Waals surface area (Å²) in [7, 11) is 0. The van der Waals surface area contributed by atoms with Crippen LogP contribution in [0.25, 0.3) is 11.1 Å². The lowest BCUT2D eigenvalue weighted by Crippen LogP contribution is -2.34. The lowest BCUT2D eigenvalue weighted by atomic mass is 9.98. The van der Waals surface area contributed by atoms with Gasteiger partial charge in [-0.15, -0.1) is 11.8 Å². The first kappa shape index (κ1) is 24.6. The topological polar surface area (TPSA) is 105 Å². The molecule has 2 amide bonds. The fourth-order valence-electron chi connectivity index (χ4n) is 3.99. The highest BCUT2D eigenvalue weighted by molar-refractivity contribution is 7.99. The molecule has 7 nitrogen and oxygen atoms in total. The summed E-state index contributed by atoms with van der Waals surface area (Å²) < 4.78 is 5.56. The third kappa shape index (κ3) is 7.25. The second-order valence-electron chi connectivity index (χ2n) is 8.06. The highest BCUT2D eigenvalue weighted by atomic mass is 32.2. The molecule has 1 unspecified atom stereocenters. The van der Waals surface area contributed by atoms with E-state index < -0.39 is 12.1 Å². The van der Waals surface area contributed by atoms with E-state index in [9.17, 15) is 14.4 Å². The average molecular weight is 471 g/mol. The first-order valence-electron chi connectivity index (χ1n) is 11.1. The Labute approximate surface area is 198 Å². The van der Waals surface area contributed by atoms with E-state index in [1.54, 1.807) is 0 Å². The molecule has 2 aromatic rings. The monoisotopic (exact) mass is 470 g/mol. The number of amides is 2. The third-order valence-corrected chi connectivity index (χ3v) is 6.49. The molecule has 0 aliphatic heterocycles.